The van der Waals surface area contributed by atoms with Gasteiger partial charge in [0.1, 0.15) is 9.84 Å². The van der Waals surface area contributed by atoms with Crippen LogP contribution in [0.2, 0.25) is 0 Å². The molecule has 7 heteroatoms. The number of nitrogens with one attached hydrogen (secondary N) is 1. The first-order chi connectivity index (χ1) is 8.19. The fourth-order valence-corrected chi connectivity index (χ4v) is 2.93. The summed E-state index contributed by atoms with van der Waals surface area (Å²) in [6.07, 6.45) is 1.14. The third-order valence-corrected chi connectivity index (χ3v) is 3.77. The number of carboxylic acids is 1. The van der Waals surface area contributed by atoms with Crippen molar-refractivity contribution in [1.29, 1.82) is 0 Å². The Morgan fingerprint density at radius 1 is 1.50 bits per heavy atom. The van der Waals surface area contributed by atoms with E-state index >= 15 is 0 Å². The van der Waals surface area contributed by atoms with E-state index in [2.05, 4.69) is 21.2 Å². The van der Waals surface area contributed by atoms with Crippen molar-refractivity contribution in [2.75, 3.05) is 17.3 Å². The number of hydrogen-bond donors (Lipinski definition) is 2. The summed E-state index contributed by atoms with van der Waals surface area (Å²) in [4.78, 5) is 11.1. The van der Waals surface area contributed by atoms with E-state index < -0.39 is 15.8 Å². The second-order valence-electron chi connectivity index (χ2n) is 4.13. The van der Waals surface area contributed by atoms with Crippen molar-refractivity contribution in [3.63, 3.8) is 0 Å². The van der Waals surface area contributed by atoms with Crippen molar-refractivity contribution in [3.05, 3.63) is 28.2 Å². The van der Waals surface area contributed by atoms with Gasteiger partial charge >= 0.3 is 5.97 Å². The monoisotopic (exact) mass is 335 g/mol. The fraction of sp³-hybridized carbons (Fsp3) is 0.364. The Balaban J connectivity index is 2.94. The highest BCUT2D eigenvalue weighted by atomic mass is 79.9. The van der Waals surface area contributed by atoms with Crippen molar-refractivity contribution >= 4 is 37.4 Å². The molecule has 0 fully saturated rings. The van der Waals surface area contributed by atoms with Crippen LogP contribution in [-0.2, 0) is 9.84 Å². The molecule has 2 N–H and O–H groups in total. The molecule has 0 radical (unpaired) electrons. The molecule has 100 valence electrons. The van der Waals surface area contributed by atoms with Crippen LogP contribution in [0.15, 0.2) is 22.7 Å². The number of hydrogen-bond acceptors (Lipinski definition) is 4. The SMILES string of the molecule is CC(CS(C)(=O)=O)Nc1ccc(Br)cc1C(=O)O. The summed E-state index contributed by atoms with van der Waals surface area (Å²) in [7, 11) is -3.10. The number of carbonyl (C=O) groups is 1. The van der Waals surface area contributed by atoms with Gasteiger partial charge in [0.15, 0.2) is 0 Å². The van der Waals surface area contributed by atoms with E-state index in [9.17, 15) is 13.2 Å². The van der Waals surface area contributed by atoms with Crippen LogP contribution in [-0.4, -0.2) is 37.5 Å². The molecule has 0 saturated carbocycles. The second-order valence-corrected chi connectivity index (χ2v) is 7.23. The molecule has 0 heterocycles. The van der Waals surface area contributed by atoms with Gasteiger partial charge in [-0.25, -0.2) is 13.2 Å². The number of anilines is 1. The minimum Gasteiger partial charge on any atom is -0.478 e. The van der Waals surface area contributed by atoms with Gasteiger partial charge in [-0.3, -0.25) is 0 Å². The van der Waals surface area contributed by atoms with E-state index in [1.54, 1.807) is 19.1 Å². The maximum atomic E-state index is 11.1. The van der Waals surface area contributed by atoms with E-state index in [0.717, 1.165) is 6.26 Å². The van der Waals surface area contributed by atoms with Crippen LogP contribution in [0.3, 0.4) is 0 Å². The Labute approximate surface area is 114 Å². The summed E-state index contributed by atoms with van der Waals surface area (Å²) in [6.45, 7) is 1.69. The zero-order valence-electron chi connectivity index (χ0n) is 9.97. The minimum absolute atomic E-state index is 0.0534. The van der Waals surface area contributed by atoms with Crippen molar-refractivity contribution in [3.8, 4) is 0 Å². The molecular weight excluding hydrogens is 322 g/mol. The van der Waals surface area contributed by atoms with Crippen molar-refractivity contribution < 1.29 is 18.3 Å². The second kappa shape index (κ2) is 5.71. The molecule has 18 heavy (non-hydrogen) atoms. The highest BCUT2D eigenvalue weighted by molar-refractivity contribution is 9.10. The average Bonchev–Trinajstić information content (AvgIpc) is 2.17. The molecule has 0 spiro atoms. The van der Waals surface area contributed by atoms with Gasteiger partial charge in [0.05, 0.1) is 11.3 Å². The van der Waals surface area contributed by atoms with E-state index in [1.807, 2.05) is 0 Å². The molecule has 0 aromatic heterocycles. The largest absolute Gasteiger partial charge is 0.478 e. The lowest BCUT2D eigenvalue weighted by Crippen LogP contribution is -2.25. The molecule has 0 aliphatic carbocycles. The Kier molecular flexibility index (Phi) is 4.75. The summed E-state index contributed by atoms with van der Waals surface area (Å²) < 4.78 is 22.9. The lowest BCUT2D eigenvalue weighted by molar-refractivity contribution is 0.0698. The standard InChI is InChI=1S/C11H14BrNO4S/c1-7(6-18(2,16)17)13-10-4-3-8(12)5-9(10)11(14)15/h3-5,7,13H,6H2,1-2H3,(H,14,15). The Hall–Kier alpha value is -1.08. The Morgan fingerprint density at radius 3 is 2.61 bits per heavy atom. The molecule has 0 aliphatic rings. The molecule has 1 unspecified atom stereocenters. The minimum atomic E-state index is -3.10. The molecule has 1 atom stereocenters. The molecule has 0 amide bonds. The van der Waals surface area contributed by atoms with E-state index in [1.165, 1.54) is 6.07 Å². The van der Waals surface area contributed by atoms with Gasteiger partial charge in [0.25, 0.3) is 0 Å². The van der Waals surface area contributed by atoms with Gasteiger partial charge in [-0.1, -0.05) is 15.9 Å². The molecule has 0 aliphatic heterocycles. The van der Waals surface area contributed by atoms with E-state index in [-0.39, 0.29) is 17.4 Å². The van der Waals surface area contributed by atoms with Gasteiger partial charge in [0, 0.05) is 22.5 Å². The predicted molar refractivity (Wildman–Crippen MR) is 73.9 cm³/mol. The number of aromatic carboxylic acids is 1. The summed E-state index contributed by atoms with van der Waals surface area (Å²) in [5, 5.41) is 12.0. The molecule has 0 bridgehead atoms. The van der Waals surface area contributed by atoms with Crippen LogP contribution in [0.25, 0.3) is 0 Å². The van der Waals surface area contributed by atoms with Crippen LogP contribution in [0.4, 0.5) is 5.69 Å². The van der Waals surface area contributed by atoms with Crippen molar-refractivity contribution in [2.24, 2.45) is 0 Å². The van der Waals surface area contributed by atoms with Gasteiger partial charge in [0.2, 0.25) is 0 Å². The highest BCUT2D eigenvalue weighted by Crippen LogP contribution is 2.22. The molecule has 1 aromatic rings. The van der Waals surface area contributed by atoms with Crippen LogP contribution < -0.4 is 5.32 Å². The van der Waals surface area contributed by atoms with Crippen molar-refractivity contribution in [1.82, 2.24) is 0 Å². The number of halogens is 1. The number of benzene rings is 1. The number of rotatable bonds is 5. The summed E-state index contributed by atoms with van der Waals surface area (Å²) in [5.74, 6) is -1.12. The summed E-state index contributed by atoms with van der Waals surface area (Å²) in [6, 6.07) is 4.41. The smallest absolute Gasteiger partial charge is 0.337 e. The molecule has 5 nitrogen and oxygen atoms in total. The summed E-state index contributed by atoms with van der Waals surface area (Å²) in [5.41, 5.74) is 0.506. The van der Waals surface area contributed by atoms with E-state index in [4.69, 9.17) is 5.11 Å². The first kappa shape index (κ1) is 15.0. The third kappa shape index (κ3) is 4.66. The van der Waals surface area contributed by atoms with E-state index in [0.29, 0.717) is 10.2 Å². The zero-order valence-corrected chi connectivity index (χ0v) is 12.4. The maximum Gasteiger partial charge on any atom is 0.337 e. The lowest BCUT2D eigenvalue weighted by atomic mass is 10.1. The van der Waals surface area contributed by atoms with Gasteiger partial charge in [-0.05, 0) is 25.1 Å². The first-order valence-corrected chi connectivity index (χ1v) is 8.01. The van der Waals surface area contributed by atoms with Crippen molar-refractivity contribution in [2.45, 2.75) is 13.0 Å². The first-order valence-electron chi connectivity index (χ1n) is 5.16. The van der Waals surface area contributed by atoms with Gasteiger partial charge in [-0.15, -0.1) is 0 Å². The van der Waals surface area contributed by atoms with Crippen LogP contribution in [0.1, 0.15) is 17.3 Å². The Morgan fingerprint density at radius 2 is 2.11 bits per heavy atom. The van der Waals surface area contributed by atoms with Crippen LogP contribution in [0.5, 0.6) is 0 Å². The van der Waals surface area contributed by atoms with Gasteiger partial charge in [-0.2, -0.15) is 0 Å². The summed E-state index contributed by atoms with van der Waals surface area (Å²) >= 11 is 3.19. The number of carboxylic acid groups (broad SMARTS) is 1. The molecular formula is C11H14BrNO4S. The zero-order chi connectivity index (χ0) is 13.9. The highest BCUT2D eigenvalue weighted by Gasteiger charge is 2.15. The third-order valence-electron chi connectivity index (χ3n) is 2.17. The fourth-order valence-electron chi connectivity index (χ4n) is 1.58. The van der Waals surface area contributed by atoms with Crippen LogP contribution >= 0.6 is 15.9 Å². The Bertz CT molecular complexity index is 556. The maximum absolute atomic E-state index is 11.1. The molecule has 1 aromatic carbocycles. The topological polar surface area (TPSA) is 83.5 Å². The van der Waals surface area contributed by atoms with Gasteiger partial charge < -0.3 is 10.4 Å². The number of sulfone groups is 1. The normalized spacial score (nSPS) is 13.1. The molecule has 1 rings (SSSR count). The quantitative estimate of drug-likeness (QED) is 0.859. The van der Waals surface area contributed by atoms with Crippen LogP contribution in [0, 0.1) is 0 Å². The predicted octanol–water partition coefficient (Wildman–Crippen LogP) is 1.99. The lowest BCUT2D eigenvalue weighted by Gasteiger charge is -2.16. The molecule has 0 saturated heterocycles. The average molecular weight is 336 g/mol.